The van der Waals surface area contributed by atoms with Crippen LogP contribution in [-0.4, -0.2) is 20.0 Å². The van der Waals surface area contributed by atoms with Gasteiger partial charge in [0.1, 0.15) is 11.5 Å². The minimum atomic E-state index is -0.00766. The molecule has 3 heteroatoms. The summed E-state index contributed by atoms with van der Waals surface area (Å²) in [7, 11) is 3.25. The molecule has 108 valence electrons. The first kappa shape index (κ1) is 14.9. The third-order valence-electron chi connectivity index (χ3n) is 3.15. The van der Waals surface area contributed by atoms with E-state index < -0.39 is 0 Å². The molecule has 0 atom stereocenters. The molecule has 0 unspecified atom stereocenters. The van der Waals surface area contributed by atoms with Gasteiger partial charge >= 0.3 is 0 Å². The van der Waals surface area contributed by atoms with Crippen LogP contribution in [0.1, 0.15) is 18.1 Å². The normalized spacial score (nSPS) is 11.1. The van der Waals surface area contributed by atoms with E-state index in [9.17, 15) is 4.79 Å². The van der Waals surface area contributed by atoms with E-state index in [2.05, 4.69) is 0 Å². The van der Waals surface area contributed by atoms with Crippen LogP contribution in [0, 0.1) is 0 Å². The molecule has 0 aliphatic rings. The number of ketones is 1. The highest BCUT2D eigenvalue weighted by Crippen LogP contribution is 2.31. The molecular weight excluding hydrogens is 264 g/mol. The predicted molar refractivity (Wildman–Crippen MR) is 83.7 cm³/mol. The Kier molecular flexibility index (Phi) is 4.77. The number of methoxy groups -OCH3 is 2. The summed E-state index contributed by atoms with van der Waals surface area (Å²) in [6, 6.07) is 15.3. The number of benzene rings is 2. The lowest BCUT2D eigenvalue weighted by Gasteiger charge is -2.13. The summed E-state index contributed by atoms with van der Waals surface area (Å²) >= 11 is 0. The van der Waals surface area contributed by atoms with Crippen molar-refractivity contribution in [2.45, 2.75) is 6.92 Å². The van der Waals surface area contributed by atoms with Gasteiger partial charge in [-0.05, 0) is 42.3 Å². The third kappa shape index (κ3) is 3.51. The van der Waals surface area contributed by atoms with Gasteiger partial charge in [-0.2, -0.15) is 0 Å². The van der Waals surface area contributed by atoms with Gasteiger partial charge < -0.3 is 9.47 Å². The summed E-state index contributed by atoms with van der Waals surface area (Å²) < 4.78 is 10.6. The minimum Gasteiger partial charge on any atom is -0.497 e. The molecule has 0 spiro atoms. The lowest BCUT2D eigenvalue weighted by atomic mass is 9.96. The average Bonchev–Trinajstić information content (AvgIpc) is 2.52. The summed E-state index contributed by atoms with van der Waals surface area (Å²) in [4.78, 5) is 11.6. The molecule has 0 aliphatic heterocycles. The van der Waals surface area contributed by atoms with Gasteiger partial charge in [0.15, 0.2) is 5.78 Å². The SMILES string of the molecule is COc1ccc(/C(=C\C(C)=O)c2ccccc2OC)cc1. The number of allylic oxidation sites excluding steroid dienone is 1. The van der Waals surface area contributed by atoms with Crippen molar-refractivity contribution in [2.24, 2.45) is 0 Å². The van der Waals surface area contributed by atoms with Crippen LogP contribution in [0.3, 0.4) is 0 Å². The predicted octanol–water partition coefficient (Wildman–Crippen LogP) is 3.72. The number of rotatable bonds is 5. The van der Waals surface area contributed by atoms with E-state index in [1.165, 1.54) is 0 Å². The van der Waals surface area contributed by atoms with Crippen molar-refractivity contribution in [3.05, 3.63) is 65.7 Å². The van der Waals surface area contributed by atoms with Gasteiger partial charge in [0.05, 0.1) is 14.2 Å². The van der Waals surface area contributed by atoms with Gasteiger partial charge in [0.25, 0.3) is 0 Å². The van der Waals surface area contributed by atoms with E-state index in [1.807, 2.05) is 48.5 Å². The van der Waals surface area contributed by atoms with E-state index >= 15 is 0 Å². The van der Waals surface area contributed by atoms with Gasteiger partial charge in [-0.3, -0.25) is 4.79 Å². The zero-order valence-corrected chi connectivity index (χ0v) is 12.4. The number of hydrogen-bond donors (Lipinski definition) is 0. The first-order chi connectivity index (χ1) is 10.2. The van der Waals surface area contributed by atoms with Crippen molar-refractivity contribution < 1.29 is 14.3 Å². The van der Waals surface area contributed by atoms with Gasteiger partial charge in [0.2, 0.25) is 0 Å². The molecule has 2 aromatic carbocycles. The summed E-state index contributed by atoms with van der Waals surface area (Å²) in [6.07, 6.45) is 1.62. The number of carbonyl (C=O) groups excluding carboxylic acids is 1. The molecule has 0 bridgehead atoms. The Morgan fingerprint density at radius 1 is 0.952 bits per heavy atom. The highest BCUT2D eigenvalue weighted by Gasteiger charge is 2.11. The van der Waals surface area contributed by atoms with Crippen molar-refractivity contribution in [3.8, 4) is 11.5 Å². The Morgan fingerprint density at radius 2 is 1.62 bits per heavy atom. The summed E-state index contributed by atoms with van der Waals surface area (Å²) in [6.45, 7) is 1.54. The molecule has 0 radical (unpaired) electrons. The quantitative estimate of drug-likeness (QED) is 0.784. The molecule has 0 aliphatic carbocycles. The molecular formula is C18H18O3. The van der Waals surface area contributed by atoms with E-state index in [4.69, 9.17) is 9.47 Å². The lowest BCUT2D eigenvalue weighted by molar-refractivity contribution is -0.112. The van der Waals surface area contributed by atoms with Crippen LogP contribution in [0.15, 0.2) is 54.6 Å². The molecule has 2 aromatic rings. The molecule has 0 saturated heterocycles. The highest BCUT2D eigenvalue weighted by atomic mass is 16.5. The average molecular weight is 282 g/mol. The highest BCUT2D eigenvalue weighted by molar-refractivity contribution is 5.99. The largest absolute Gasteiger partial charge is 0.497 e. The molecule has 0 amide bonds. The first-order valence-corrected chi connectivity index (χ1v) is 6.65. The zero-order chi connectivity index (χ0) is 15.2. The van der Waals surface area contributed by atoms with Gasteiger partial charge in [-0.15, -0.1) is 0 Å². The molecule has 0 heterocycles. The zero-order valence-electron chi connectivity index (χ0n) is 12.4. The van der Waals surface area contributed by atoms with Crippen molar-refractivity contribution in [3.63, 3.8) is 0 Å². The van der Waals surface area contributed by atoms with Crippen LogP contribution in [0.2, 0.25) is 0 Å². The van der Waals surface area contributed by atoms with E-state index in [0.29, 0.717) is 0 Å². The van der Waals surface area contributed by atoms with Crippen molar-refractivity contribution in [2.75, 3.05) is 14.2 Å². The number of carbonyl (C=O) groups is 1. The molecule has 0 N–H and O–H groups in total. The Hall–Kier alpha value is -2.55. The van der Waals surface area contributed by atoms with E-state index in [0.717, 1.165) is 28.2 Å². The second-order valence-electron chi connectivity index (χ2n) is 4.60. The van der Waals surface area contributed by atoms with Gasteiger partial charge in [-0.25, -0.2) is 0 Å². The van der Waals surface area contributed by atoms with E-state index in [1.54, 1.807) is 27.2 Å². The molecule has 0 aromatic heterocycles. The summed E-state index contributed by atoms with van der Waals surface area (Å²) in [5, 5.41) is 0. The molecule has 3 nitrogen and oxygen atoms in total. The van der Waals surface area contributed by atoms with Gasteiger partial charge in [0, 0.05) is 5.56 Å². The monoisotopic (exact) mass is 282 g/mol. The Labute approximate surface area is 124 Å². The van der Waals surface area contributed by atoms with Crippen LogP contribution in [0.5, 0.6) is 11.5 Å². The number of para-hydroxylation sites is 1. The van der Waals surface area contributed by atoms with Crippen molar-refractivity contribution >= 4 is 11.4 Å². The van der Waals surface area contributed by atoms with Crippen LogP contribution < -0.4 is 9.47 Å². The summed E-state index contributed by atoms with van der Waals surface area (Å²) in [5.41, 5.74) is 2.67. The third-order valence-corrected chi connectivity index (χ3v) is 3.15. The first-order valence-electron chi connectivity index (χ1n) is 6.65. The Morgan fingerprint density at radius 3 is 2.19 bits per heavy atom. The topological polar surface area (TPSA) is 35.5 Å². The number of hydrogen-bond acceptors (Lipinski definition) is 3. The second kappa shape index (κ2) is 6.75. The van der Waals surface area contributed by atoms with Gasteiger partial charge in [-0.1, -0.05) is 30.3 Å². The maximum Gasteiger partial charge on any atom is 0.153 e. The fraction of sp³-hybridized carbons (Fsp3) is 0.167. The standard InChI is InChI=1S/C18H18O3/c1-13(19)12-17(14-8-10-15(20-2)11-9-14)16-6-4-5-7-18(16)21-3/h4-12H,1-3H3/b17-12+. The molecule has 0 fully saturated rings. The molecule has 21 heavy (non-hydrogen) atoms. The minimum absolute atomic E-state index is 0.00766. The number of ether oxygens (including phenoxy) is 2. The van der Waals surface area contributed by atoms with Crippen LogP contribution in [0.4, 0.5) is 0 Å². The van der Waals surface area contributed by atoms with Crippen molar-refractivity contribution in [1.29, 1.82) is 0 Å². The van der Waals surface area contributed by atoms with Crippen LogP contribution in [-0.2, 0) is 4.79 Å². The summed E-state index contributed by atoms with van der Waals surface area (Å²) in [5.74, 6) is 1.51. The van der Waals surface area contributed by atoms with Crippen molar-refractivity contribution in [1.82, 2.24) is 0 Å². The Balaban J connectivity index is 2.55. The molecule has 2 rings (SSSR count). The van der Waals surface area contributed by atoms with E-state index in [-0.39, 0.29) is 5.78 Å². The maximum absolute atomic E-state index is 11.6. The lowest BCUT2D eigenvalue weighted by Crippen LogP contribution is -1.96. The second-order valence-corrected chi connectivity index (χ2v) is 4.60. The van der Waals surface area contributed by atoms with Crippen LogP contribution >= 0.6 is 0 Å². The fourth-order valence-corrected chi connectivity index (χ4v) is 2.16. The fourth-order valence-electron chi connectivity index (χ4n) is 2.16. The molecule has 0 saturated carbocycles. The maximum atomic E-state index is 11.6. The smallest absolute Gasteiger partial charge is 0.153 e. The Bertz CT molecular complexity index is 654. The van der Waals surface area contributed by atoms with Crippen LogP contribution in [0.25, 0.3) is 5.57 Å².